The van der Waals surface area contributed by atoms with Gasteiger partial charge in [-0.3, -0.25) is 0 Å². The smallest absolute Gasteiger partial charge is 0.336 e. The van der Waals surface area contributed by atoms with Crippen LogP contribution in [0.5, 0.6) is 0 Å². The van der Waals surface area contributed by atoms with E-state index in [-0.39, 0.29) is 28.3 Å². The van der Waals surface area contributed by atoms with Crippen LogP contribution in [0.15, 0.2) is 11.6 Å². The van der Waals surface area contributed by atoms with Gasteiger partial charge in [0.15, 0.2) is 22.4 Å². The molecular weight excluding hydrogens is 464 g/mol. The third-order valence-corrected chi connectivity index (χ3v) is 17.7. The van der Waals surface area contributed by atoms with Gasteiger partial charge in [0.05, 0.1) is 12.7 Å². The molecule has 4 atom stereocenters. The van der Waals surface area contributed by atoms with Gasteiger partial charge in [-0.15, -0.1) is 0 Å². The normalized spacial score (nSPS) is 30.1. The molecule has 1 saturated carbocycles. The number of esters is 1. The Bertz CT molecular complexity index is 786. The Morgan fingerprint density at radius 2 is 1.44 bits per heavy atom. The van der Waals surface area contributed by atoms with E-state index < -0.39 is 34.6 Å². The van der Waals surface area contributed by atoms with Gasteiger partial charge in [0.25, 0.3) is 0 Å². The van der Waals surface area contributed by atoms with E-state index in [9.17, 15) is 4.79 Å². The van der Waals surface area contributed by atoms with Gasteiger partial charge in [-0.2, -0.15) is 0 Å². The van der Waals surface area contributed by atoms with Crippen LogP contribution in [0.25, 0.3) is 0 Å². The number of ether oxygens (including phenoxy) is 3. The maximum absolute atomic E-state index is 13.1. The molecule has 196 valence electrons. The van der Waals surface area contributed by atoms with Crippen LogP contribution in [0.3, 0.4) is 0 Å². The standard InChI is InChI=1S/C26H48O6Si2/c1-24(2,3)33(8,9)31-20-18(23(27)28-7)17-19-21(22(20)32-34(10,11)25(4,5)6)30-26(29-19)15-13-12-14-16-26/h17,19-22H,12-16H2,1-11H3/t19-,20-,21-,22-/m1/s1. The van der Waals surface area contributed by atoms with Crippen molar-refractivity contribution in [3.8, 4) is 0 Å². The van der Waals surface area contributed by atoms with Crippen molar-refractivity contribution >= 4 is 22.6 Å². The maximum Gasteiger partial charge on any atom is 0.336 e. The van der Waals surface area contributed by atoms with Gasteiger partial charge in [0.2, 0.25) is 0 Å². The summed E-state index contributed by atoms with van der Waals surface area (Å²) in [6.45, 7) is 22.2. The van der Waals surface area contributed by atoms with Crippen molar-refractivity contribution in [3.63, 3.8) is 0 Å². The third-order valence-electron chi connectivity index (χ3n) is 8.80. The summed E-state index contributed by atoms with van der Waals surface area (Å²) in [5.74, 6) is -0.967. The molecule has 2 aliphatic carbocycles. The summed E-state index contributed by atoms with van der Waals surface area (Å²) in [7, 11) is -3.06. The van der Waals surface area contributed by atoms with Crippen LogP contribution in [0.1, 0.15) is 73.6 Å². The van der Waals surface area contributed by atoms with E-state index in [0.717, 1.165) is 25.7 Å². The zero-order valence-corrected chi connectivity index (χ0v) is 25.4. The highest BCUT2D eigenvalue weighted by Crippen LogP contribution is 2.49. The van der Waals surface area contributed by atoms with Crippen LogP contribution in [-0.4, -0.2) is 59.9 Å². The highest BCUT2D eigenvalue weighted by molar-refractivity contribution is 6.74. The van der Waals surface area contributed by atoms with Crippen LogP contribution >= 0.6 is 0 Å². The van der Waals surface area contributed by atoms with E-state index in [1.165, 1.54) is 13.5 Å². The summed E-state index contributed by atoms with van der Waals surface area (Å²) in [5, 5.41) is -0.0250. The molecule has 6 nitrogen and oxygen atoms in total. The highest BCUT2D eigenvalue weighted by Gasteiger charge is 2.58. The SMILES string of the molecule is COC(=O)C1=C[C@H]2OC3(CCCCC3)O[C@H]2[C@H](O[Si](C)(C)C(C)(C)C)[C@@H]1O[Si](C)(C)C(C)(C)C. The van der Waals surface area contributed by atoms with Crippen molar-refractivity contribution in [2.45, 2.75) is 140 Å². The van der Waals surface area contributed by atoms with Crippen LogP contribution < -0.4 is 0 Å². The molecular formula is C26H48O6Si2. The minimum Gasteiger partial charge on any atom is -0.466 e. The van der Waals surface area contributed by atoms with Gasteiger partial charge < -0.3 is 23.1 Å². The van der Waals surface area contributed by atoms with Gasteiger partial charge in [-0.1, -0.05) is 48.0 Å². The van der Waals surface area contributed by atoms with E-state index in [2.05, 4.69) is 67.7 Å². The van der Waals surface area contributed by atoms with Crippen molar-refractivity contribution < 1.29 is 27.9 Å². The molecule has 1 heterocycles. The molecule has 3 rings (SSSR count). The molecule has 34 heavy (non-hydrogen) atoms. The summed E-state index contributed by atoms with van der Waals surface area (Å²) < 4.78 is 32.6. The number of carbonyl (C=O) groups excluding carboxylic acids is 1. The lowest BCUT2D eigenvalue weighted by atomic mass is 9.89. The van der Waals surface area contributed by atoms with E-state index >= 15 is 0 Å². The number of fused-ring (bicyclic) bond motifs is 1. The van der Waals surface area contributed by atoms with Crippen LogP contribution in [0.2, 0.25) is 36.3 Å². The van der Waals surface area contributed by atoms with E-state index in [1.54, 1.807) is 0 Å². The number of methoxy groups -OCH3 is 1. The minimum absolute atomic E-state index is 0.00139. The Kier molecular flexibility index (Phi) is 7.77. The number of carbonyl (C=O) groups is 1. The zero-order chi connectivity index (χ0) is 25.7. The predicted octanol–water partition coefficient (Wildman–Crippen LogP) is 6.32. The first-order valence-electron chi connectivity index (χ1n) is 12.9. The Morgan fingerprint density at radius 1 is 0.912 bits per heavy atom. The lowest BCUT2D eigenvalue weighted by molar-refractivity contribution is -0.199. The molecule has 1 saturated heterocycles. The lowest BCUT2D eigenvalue weighted by Crippen LogP contribution is -2.60. The van der Waals surface area contributed by atoms with Crippen LogP contribution in [0, 0.1) is 0 Å². The van der Waals surface area contributed by atoms with E-state index in [4.69, 9.17) is 23.1 Å². The summed E-state index contributed by atoms with van der Waals surface area (Å²) in [6, 6.07) is 0. The molecule has 0 bridgehead atoms. The van der Waals surface area contributed by atoms with Gasteiger partial charge in [0.1, 0.15) is 24.4 Å². The molecule has 0 radical (unpaired) electrons. The highest BCUT2D eigenvalue weighted by atomic mass is 28.4. The fourth-order valence-corrected chi connectivity index (χ4v) is 7.10. The molecule has 0 aromatic rings. The van der Waals surface area contributed by atoms with Gasteiger partial charge in [0, 0.05) is 12.8 Å². The molecule has 0 unspecified atom stereocenters. The Balaban J connectivity index is 2.08. The summed E-state index contributed by atoms with van der Waals surface area (Å²) in [5.41, 5.74) is 0.508. The molecule has 0 N–H and O–H groups in total. The van der Waals surface area contributed by atoms with E-state index in [1.807, 2.05) is 6.08 Å². The van der Waals surface area contributed by atoms with Crippen LogP contribution in [-0.2, 0) is 27.9 Å². The fraction of sp³-hybridized carbons (Fsp3) is 0.885. The van der Waals surface area contributed by atoms with Crippen LogP contribution in [0.4, 0.5) is 0 Å². The number of hydrogen-bond acceptors (Lipinski definition) is 6. The quantitative estimate of drug-likeness (QED) is 0.317. The topological polar surface area (TPSA) is 63.2 Å². The average molecular weight is 513 g/mol. The molecule has 8 heteroatoms. The Morgan fingerprint density at radius 3 is 1.94 bits per heavy atom. The van der Waals surface area contributed by atoms with Crippen molar-refractivity contribution in [2.24, 2.45) is 0 Å². The maximum atomic E-state index is 13.1. The monoisotopic (exact) mass is 512 g/mol. The van der Waals surface area contributed by atoms with Gasteiger partial charge in [-0.25, -0.2) is 4.79 Å². The first kappa shape index (κ1) is 28.1. The van der Waals surface area contributed by atoms with Crippen molar-refractivity contribution in [1.29, 1.82) is 0 Å². The Labute approximate surface area is 209 Å². The van der Waals surface area contributed by atoms with Crippen molar-refractivity contribution in [3.05, 3.63) is 11.6 Å². The molecule has 1 spiro atoms. The fourth-order valence-electron chi connectivity index (χ4n) is 4.56. The second-order valence-corrected chi connectivity index (χ2v) is 22.9. The molecule has 2 fully saturated rings. The number of hydrogen-bond donors (Lipinski definition) is 0. The Hall–Kier alpha value is -0.516. The lowest BCUT2D eigenvalue weighted by Gasteiger charge is -2.48. The van der Waals surface area contributed by atoms with Crippen molar-refractivity contribution in [2.75, 3.05) is 7.11 Å². The zero-order valence-electron chi connectivity index (χ0n) is 23.4. The second-order valence-electron chi connectivity index (χ2n) is 13.4. The second kappa shape index (κ2) is 9.41. The third kappa shape index (κ3) is 5.42. The average Bonchev–Trinajstić information content (AvgIpc) is 3.04. The van der Waals surface area contributed by atoms with E-state index in [0.29, 0.717) is 5.57 Å². The molecule has 3 aliphatic rings. The van der Waals surface area contributed by atoms with Gasteiger partial charge in [-0.05, 0) is 55.2 Å². The van der Waals surface area contributed by atoms with Gasteiger partial charge >= 0.3 is 5.97 Å². The summed E-state index contributed by atoms with van der Waals surface area (Å²) in [6.07, 6.45) is 5.40. The van der Waals surface area contributed by atoms with Crippen molar-refractivity contribution in [1.82, 2.24) is 0 Å². The summed E-state index contributed by atoms with van der Waals surface area (Å²) >= 11 is 0. The first-order valence-corrected chi connectivity index (χ1v) is 18.8. The number of rotatable bonds is 5. The first-order chi connectivity index (χ1) is 15.4. The molecule has 0 aromatic heterocycles. The largest absolute Gasteiger partial charge is 0.466 e. The molecule has 1 aliphatic heterocycles. The predicted molar refractivity (Wildman–Crippen MR) is 140 cm³/mol. The minimum atomic E-state index is -2.26. The molecule has 0 amide bonds. The summed E-state index contributed by atoms with van der Waals surface area (Å²) in [4.78, 5) is 13.1. The molecule has 0 aromatic carbocycles.